The third kappa shape index (κ3) is 3.21. The molecule has 22 heavy (non-hydrogen) atoms. The van der Waals surface area contributed by atoms with Crippen LogP contribution >= 0.6 is 0 Å². The van der Waals surface area contributed by atoms with E-state index >= 15 is 0 Å². The van der Waals surface area contributed by atoms with Crippen molar-refractivity contribution in [1.82, 2.24) is 0 Å². The van der Waals surface area contributed by atoms with Crippen molar-refractivity contribution in [2.75, 3.05) is 13.7 Å². The van der Waals surface area contributed by atoms with Crippen LogP contribution in [0.25, 0.3) is 5.57 Å². The number of esters is 2. The summed E-state index contributed by atoms with van der Waals surface area (Å²) < 4.78 is 15.5. The fourth-order valence-corrected chi connectivity index (χ4v) is 2.29. The second-order valence-electron chi connectivity index (χ2n) is 5.51. The molecule has 0 radical (unpaired) electrons. The van der Waals surface area contributed by atoms with E-state index in [4.69, 9.17) is 9.47 Å². The highest BCUT2D eigenvalue weighted by Gasteiger charge is 2.29. The van der Waals surface area contributed by atoms with Crippen LogP contribution in [-0.2, 0) is 14.3 Å². The highest BCUT2D eigenvalue weighted by molar-refractivity contribution is 5.94. The van der Waals surface area contributed by atoms with Crippen molar-refractivity contribution in [2.45, 2.75) is 26.4 Å². The minimum atomic E-state index is -0.656. The zero-order chi connectivity index (χ0) is 16.5. The number of benzene rings is 1. The molecule has 0 atom stereocenters. The first-order chi connectivity index (χ1) is 10.2. The fourth-order valence-electron chi connectivity index (χ4n) is 2.29. The van der Waals surface area contributed by atoms with E-state index in [2.05, 4.69) is 4.74 Å². The first-order valence-corrected chi connectivity index (χ1v) is 6.73. The Bertz CT molecular complexity index is 657. The van der Waals surface area contributed by atoms with E-state index in [9.17, 15) is 14.7 Å². The number of rotatable bonds is 3. The largest absolute Gasteiger partial charge is 0.507 e. The van der Waals surface area contributed by atoms with Gasteiger partial charge < -0.3 is 19.3 Å². The summed E-state index contributed by atoms with van der Waals surface area (Å²) >= 11 is 0. The van der Waals surface area contributed by atoms with Gasteiger partial charge in [0.2, 0.25) is 0 Å². The summed E-state index contributed by atoms with van der Waals surface area (Å²) in [6.07, 6.45) is 1.82. The van der Waals surface area contributed by atoms with Gasteiger partial charge in [0.05, 0.1) is 7.11 Å². The molecule has 1 aromatic carbocycles. The van der Waals surface area contributed by atoms with Gasteiger partial charge >= 0.3 is 11.9 Å². The summed E-state index contributed by atoms with van der Waals surface area (Å²) in [5.74, 6) is -0.870. The second-order valence-corrected chi connectivity index (χ2v) is 5.51. The quantitative estimate of drug-likeness (QED) is 0.863. The number of fused-ring (bicyclic) bond motifs is 1. The average Bonchev–Trinajstić information content (AvgIpc) is 2.42. The van der Waals surface area contributed by atoms with Gasteiger partial charge in [-0.05, 0) is 26.0 Å². The normalized spacial score (nSPS) is 15.2. The molecule has 6 nitrogen and oxygen atoms in total. The van der Waals surface area contributed by atoms with Crippen LogP contribution in [0, 0.1) is 0 Å². The van der Waals surface area contributed by atoms with Crippen molar-refractivity contribution < 1.29 is 28.9 Å². The fraction of sp³-hybridized carbons (Fsp3) is 0.375. The van der Waals surface area contributed by atoms with Crippen LogP contribution in [0.2, 0.25) is 0 Å². The van der Waals surface area contributed by atoms with Crippen molar-refractivity contribution in [3.63, 3.8) is 0 Å². The standard InChI is InChI=1S/C16H18O6/c1-9(17)21-8-10-7-16(2,3)22-14-6-13(18)12(5-11(10)14)15(19)20-4/h5-7,18H,8H2,1-4H3. The molecule has 0 aromatic heterocycles. The highest BCUT2D eigenvalue weighted by Crippen LogP contribution is 2.40. The Morgan fingerprint density at radius 3 is 2.59 bits per heavy atom. The Kier molecular flexibility index (Phi) is 4.12. The Morgan fingerprint density at radius 1 is 1.32 bits per heavy atom. The van der Waals surface area contributed by atoms with Crippen molar-refractivity contribution in [1.29, 1.82) is 0 Å². The van der Waals surface area contributed by atoms with Gasteiger partial charge in [0.15, 0.2) is 0 Å². The van der Waals surface area contributed by atoms with Crippen molar-refractivity contribution in [3.05, 3.63) is 29.3 Å². The predicted molar refractivity (Wildman–Crippen MR) is 78.8 cm³/mol. The van der Waals surface area contributed by atoms with Gasteiger partial charge in [0.25, 0.3) is 0 Å². The highest BCUT2D eigenvalue weighted by atomic mass is 16.5. The smallest absolute Gasteiger partial charge is 0.341 e. The molecular weight excluding hydrogens is 288 g/mol. The van der Waals surface area contributed by atoms with E-state index in [0.717, 1.165) is 0 Å². The molecule has 0 aliphatic carbocycles. The molecule has 6 heteroatoms. The number of methoxy groups -OCH3 is 1. The monoisotopic (exact) mass is 306 g/mol. The van der Waals surface area contributed by atoms with Crippen LogP contribution in [0.3, 0.4) is 0 Å². The Hall–Kier alpha value is -2.50. The number of aromatic hydroxyl groups is 1. The second kappa shape index (κ2) is 5.71. The Labute approximate surface area is 128 Å². The van der Waals surface area contributed by atoms with Crippen LogP contribution < -0.4 is 4.74 Å². The number of hydrogen-bond donors (Lipinski definition) is 1. The lowest BCUT2D eigenvalue weighted by Crippen LogP contribution is -2.30. The number of phenolic OH excluding ortho intramolecular Hbond substituents is 1. The van der Waals surface area contributed by atoms with Crippen molar-refractivity contribution >= 4 is 17.5 Å². The molecule has 0 unspecified atom stereocenters. The lowest BCUT2D eigenvalue weighted by atomic mass is 9.93. The molecule has 1 aliphatic heterocycles. The van der Waals surface area contributed by atoms with Crippen LogP contribution in [0.15, 0.2) is 18.2 Å². The average molecular weight is 306 g/mol. The number of ether oxygens (including phenoxy) is 3. The number of carbonyl (C=O) groups is 2. The molecule has 0 saturated heterocycles. The van der Waals surface area contributed by atoms with Crippen LogP contribution in [0.5, 0.6) is 11.5 Å². The number of hydrogen-bond acceptors (Lipinski definition) is 6. The molecule has 118 valence electrons. The summed E-state index contributed by atoms with van der Waals surface area (Å²) in [5.41, 5.74) is 0.686. The van der Waals surface area contributed by atoms with Gasteiger partial charge in [0.1, 0.15) is 29.3 Å². The zero-order valence-electron chi connectivity index (χ0n) is 12.9. The summed E-state index contributed by atoms with van der Waals surface area (Å²) in [6, 6.07) is 2.84. The maximum absolute atomic E-state index is 11.7. The van der Waals surface area contributed by atoms with E-state index in [-0.39, 0.29) is 17.9 Å². The van der Waals surface area contributed by atoms with Crippen LogP contribution in [-0.4, -0.2) is 36.4 Å². The van der Waals surface area contributed by atoms with Gasteiger partial charge in [-0.3, -0.25) is 4.79 Å². The van der Waals surface area contributed by atoms with E-state index < -0.39 is 17.5 Å². The first kappa shape index (κ1) is 15.9. The third-order valence-corrected chi connectivity index (χ3v) is 3.17. The van der Waals surface area contributed by atoms with Gasteiger partial charge in [-0.15, -0.1) is 0 Å². The molecule has 0 spiro atoms. The molecule has 0 fully saturated rings. The summed E-state index contributed by atoms with van der Waals surface area (Å²) in [7, 11) is 1.23. The number of carbonyl (C=O) groups excluding carboxylic acids is 2. The van der Waals surface area contributed by atoms with Gasteiger partial charge in [-0.2, -0.15) is 0 Å². The minimum Gasteiger partial charge on any atom is -0.507 e. The van der Waals surface area contributed by atoms with Crippen molar-refractivity contribution in [2.24, 2.45) is 0 Å². The molecule has 2 rings (SSSR count). The summed E-state index contributed by atoms with van der Waals surface area (Å²) in [5, 5.41) is 9.96. The Balaban J connectivity index is 2.50. The topological polar surface area (TPSA) is 82.1 Å². The molecule has 1 heterocycles. The lowest BCUT2D eigenvalue weighted by Gasteiger charge is -2.31. The van der Waals surface area contributed by atoms with Crippen LogP contribution in [0.1, 0.15) is 36.7 Å². The van der Waals surface area contributed by atoms with E-state index in [0.29, 0.717) is 16.9 Å². The third-order valence-electron chi connectivity index (χ3n) is 3.17. The molecule has 1 N–H and O–H groups in total. The maximum Gasteiger partial charge on any atom is 0.341 e. The van der Waals surface area contributed by atoms with Gasteiger partial charge in [0, 0.05) is 24.1 Å². The predicted octanol–water partition coefficient (Wildman–Crippen LogP) is 2.30. The first-order valence-electron chi connectivity index (χ1n) is 6.73. The molecule has 1 aliphatic rings. The maximum atomic E-state index is 11.7. The molecule has 1 aromatic rings. The van der Waals surface area contributed by atoms with E-state index in [1.165, 1.54) is 26.2 Å². The Morgan fingerprint density at radius 2 is 2.00 bits per heavy atom. The summed E-state index contributed by atoms with van der Waals surface area (Å²) in [6.45, 7) is 5.06. The lowest BCUT2D eigenvalue weighted by molar-refractivity contribution is -0.139. The molecule has 0 amide bonds. The van der Waals surface area contributed by atoms with E-state index in [1.54, 1.807) is 0 Å². The SMILES string of the molecule is COC(=O)c1cc2c(cc1O)OC(C)(C)C=C2COC(C)=O. The minimum absolute atomic E-state index is 0.0262. The number of phenols is 1. The van der Waals surface area contributed by atoms with Crippen LogP contribution in [0.4, 0.5) is 0 Å². The van der Waals surface area contributed by atoms with E-state index in [1.807, 2.05) is 19.9 Å². The van der Waals surface area contributed by atoms with Gasteiger partial charge in [-0.1, -0.05) is 0 Å². The summed E-state index contributed by atoms with van der Waals surface area (Å²) in [4.78, 5) is 22.7. The molecule has 0 saturated carbocycles. The molecule has 0 bridgehead atoms. The zero-order valence-corrected chi connectivity index (χ0v) is 12.9. The van der Waals surface area contributed by atoms with Gasteiger partial charge in [-0.25, -0.2) is 4.79 Å². The molecular formula is C16H18O6. The van der Waals surface area contributed by atoms with Crippen molar-refractivity contribution in [3.8, 4) is 11.5 Å².